The van der Waals surface area contributed by atoms with Gasteiger partial charge in [0.05, 0.1) is 79.1 Å². The lowest BCUT2D eigenvalue weighted by atomic mass is 10.2. The van der Waals surface area contributed by atoms with Crippen LogP contribution in [0.4, 0.5) is 0 Å². The van der Waals surface area contributed by atoms with E-state index in [0.29, 0.717) is 111 Å². The molecule has 0 fully saturated rings. The molecule has 1 aromatic carbocycles. The minimum atomic E-state index is -0.0280. The van der Waals surface area contributed by atoms with Crippen molar-refractivity contribution in [2.45, 2.75) is 13.3 Å². The van der Waals surface area contributed by atoms with Gasteiger partial charge < -0.3 is 43.8 Å². The monoisotopic (exact) mass is 604 g/mol. The number of hydrogen-bond acceptors (Lipinski definition) is 13. The number of aryl methyl sites for hydroxylation is 1. The molecule has 0 saturated heterocycles. The summed E-state index contributed by atoms with van der Waals surface area (Å²) in [5.41, 5.74) is 6.44. The van der Waals surface area contributed by atoms with Crippen molar-refractivity contribution in [3.8, 4) is 29.5 Å². The third-order valence-corrected chi connectivity index (χ3v) is 5.58. The lowest BCUT2D eigenvalue weighted by Crippen LogP contribution is -2.38. The summed E-state index contributed by atoms with van der Waals surface area (Å²) in [5, 5.41) is 15.9. The number of amides is 1. The van der Waals surface area contributed by atoms with Crippen LogP contribution < -0.4 is 10.5 Å². The summed E-state index contributed by atoms with van der Waals surface area (Å²) in [4.78, 5) is 14.1. The average molecular weight is 605 g/mol. The number of carbonyl (C=O) groups is 1. The van der Waals surface area contributed by atoms with Crippen molar-refractivity contribution in [2.75, 3.05) is 106 Å². The van der Waals surface area contributed by atoms with Gasteiger partial charge >= 0.3 is 0 Å². The van der Waals surface area contributed by atoms with Gasteiger partial charge in [-0.1, -0.05) is 5.92 Å². The Kier molecular flexibility index (Phi) is 20.2. The first-order valence-electron chi connectivity index (χ1n) is 14.3. The molecule has 0 unspecified atom stereocenters. The van der Waals surface area contributed by atoms with Gasteiger partial charge in [0.1, 0.15) is 19.0 Å². The number of benzene rings is 1. The van der Waals surface area contributed by atoms with Gasteiger partial charge in [0.25, 0.3) is 0 Å². The molecule has 0 aliphatic carbocycles. The van der Waals surface area contributed by atoms with Crippen LogP contribution in [0.2, 0.25) is 0 Å². The molecule has 43 heavy (non-hydrogen) atoms. The minimum Gasteiger partial charge on any atom is -0.491 e. The summed E-state index contributed by atoms with van der Waals surface area (Å²) in [6, 6.07) is 7.38. The van der Waals surface area contributed by atoms with Gasteiger partial charge in [0, 0.05) is 25.2 Å². The minimum absolute atomic E-state index is 0.0280. The largest absolute Gasteiger partial charge is 0.491 e. The Hall–Kier alpha value is -3.29. The molecule has 0 spiro atoms. The topological polar surface area (TPSA) is 162 Å². The Labute approximate surface area is 253 Å². The van der Waals surface area contributed by atoms with Crippen molar-refractivity contribution < 1.29 is 38.0 Å². The van der Waals surface area contributed by atoms with E-state index in [1.54, 1.807) is 11.8 Å². The van der Waals surface area contributed by atoms with Crippen molar-refractivity contribution in [1.29, 1.82) is 0 Å². The summed E-state index contributed by atoms with van der Waals surface area (Å²) in [5.74, 6) is 4.07. The van der Waals surface area contributed by atoms with E-state index in [0.717, 1.165) is 11.3 Å². The second-order valence-electron chi connectivity index (χ2n) is 8.88. The van der Waals surface area contributed by atoms with Crippen LogP contribution >= 0.6 is 0 Å². The molecule has 0 aliphatic rings. The fourth-order valence-electron chi connectivity index (χ4n) is 3.44. The first kappa shape index (κ1) is 35.9. The van der Waals surface area contributed by atoms with E-state index in [1.165, 1.54) is 0 Å². The van der Waals surface area contributed by atoms with Gasteiger partial charge in [0.15, 0.2) is 5.82 Å². The van der Waals surface area contributed by atoms with Crippen LogP contribution in [-0.4, -0.2) is 137 Å². The molecular weight excluding hydrogens is 560 g/mol. The SMILES string of the molecule is C#CCOCCOCCN(CCN)C(=O)CCOCCOCCOCCOCCOc1ccc(-c2nnc(C)nn2)cc1. The average Bonchev–Trinajstić information content (AvgIpc) is 3.02. The quantitative estimate of drug-likeness (QED) is 0.117. The maximum absolute atomic E-state index is 12.4. The van der Waals surface area contributed by atoms with Gasteiger partial charge in [0.2, 0.25) is 11.7 Å². The normalized spacial score (nSPS) is 10.9. The van der Waals surface area contributed by atoms with Crippen molar-refractivity contribution in [2.24, 2.45) is 5.73 Å². The molecule has 0 aliphatic heterocycles. The number of carbonyl (C=O) groups excluding carboxylic acids is 1. The number of rotatable bonds is 26. The Balaban J connectivity index is 1.36. The first-order valence-corrected chi connectivity index (χ1v) is 14.3. The maximum atomic E-state index is 12.4. The maximum Gasteiger partial charge on any atom is 0.225 e. The second kappa shape index (κ2) is 24.2. The van der Waals surface area contributed by atoms with Crippen LogP contribution in [0.25, 0.3) is 11.4 Å². The highest BCUT2D eigenvalue weighted by Crippen LogP contribution is 2.18. The van der Waals surface area contributed by atoms with E-state index >= 15 is 0 Å². The van der Waals surface area contributed by atoms with Crippen LogP contribution in [-0.2, 0) is 33.2 Å². The lowest BCUT2D eigenvalue weighted by molar-refractivity contribution is -0.133. The van der Waals surface area contributed by atoms with Crippen LogP contribution in [0.15, 0.2) is 24.3 Å². The molecule has 0 radical (unpaired) electrons. The number of terminal acetylenes is 1. The zero-order chi connectivity index (χ0) is 30.8. The Morgan fingerprint density at radius 3 is 1.86 bits per heavy atom. The van der Waals surface area contributed by atoms with Crippen molar-refractivity contribution >= 4 is 5.91 Å². The highest BCUT2D eigenvalue weighted by Gasteiger charge is 2.12. The smallest absolute Gasteiger partial charge is 0.225 e. The molecule has 0 saturated carbocycles. The van der Waals surface area contributed by atoms with Crippen molar-refractivity contribution in [3.63, 3.8) is 0 Å². The van der Waals surface area contributed by atoms with E-state index < -0.39 is 0 Å². The summed E-state index contributed by atoms with van der Waals surface area (Å²) in [6.45, 7) is 8.34. The highest BCUT2D eigenvalue weighted by atomic mass is 16.6. The molecule has 14 heteroatoms. The Morgan fingerprint density at radius 1 is 0.744 bits per heavy atom. The van der Waals surface area contributed by atoms with Crippen LogP contribution in [0.5, 0.6) is 5.75 Å². The van der Waals surface area contributed by atoms with E-state index in [4.69, 9.17) is 45.3 Å². The van der Waals surface area contributed by atoms with Crippen LogP contribution in [0.1, 0.15) is 12.2 Å². The van der Waals surface area contributed by atoms with E-state index in [2.05, 4.69) is 26.3 Å². The summed E-state index contributed by atoms with van der Waals surface area (Å²) < 4.78 is 38.3. The molecule has 2 aromatic rings. The van der Waals surface area contributed by atoms with Crippen molar-refractivity contribution in [1.82, 2.24) is 25.3 Å². The number of nitrogens with zero attached hydrogens (tertiary/aromatic N) is 5. The zero-order valence-corrected chi connectivity index (χ0v) is 25.0. The molecule has 0 bridgehead atoms. The predicted octanol–water partition coefficient (Wildman–Crippen LogP) is 0.531. The molecule has 1 heterocycles. The highest BCUT2D eigenvalue weighted by molar-refractivity contribution is 5.76. The fraction of sp³-hybridized carbons (Fsp3) is 0.621. The second-order valence-corrected chi connectivity index (χ2v) is 8.88. The van der Waals surface area contributed by atoms with Gasteiger partial charge in [-0.3, -0.25) is 4.79 Å². The summed E-state index contributed by atoms with van der Waals surface area (Å²) in [7, 11) is 0. The third kappa shape index (κ3) is 17.4. The predicted molar refractivity (Wildman–Crippen MR) is 157 cm³/mol. The summed E-state index contributed by atoms with van der Waals surface area (Å²) in [6.07, 6.45) is 5.38. The Morgan fingerprint density at radius 2 is 1.28 bits per heavy atom. The first-order chi connectivity index (χ1) is 21.1. The third-order valence-electron chi connectivity index (χ3n) is 5.58. The van der Waals surface area contributed by atoms with E-state index in [-0.39, 0.29) is 18.9 Å². The van der Waals surface area contributed by atoms with E-state index in [9.17, 15) is 4.79 Å². The molecular formula is C29H44N6O8. The molecule has 0 atom stereocenters. The van der Waals surface area contributed by atoms with Gasteiger partial charge in [-0.2, -0.15) is 0 Å². The molecule has 2 rings (SSSR count). The molecule has 1 aromatic heterocycles. The fourth-order valence-corrected chi connectivity index (χ4v) is 3.44. The van der Waals surface area contributed by atoms with E-state index in [1.807, 2.05) is 24.3 Å². The number of ether oxygens (including phenoxy) is 7. The molecule has 238 valence electrons. The van der Waals surface area contributed by atoms with Crippen molar-refractivity contribution in [3.05, 3.63) is 30.1 Å². The Bertz CT molecular complexity index is 1020. The number of nitrogens with two attached hydrogens (primary N) is 1. The van der Waals surface area contributed by atoms with Crippen LogP contribution in [0, 0.1) is 19.3 Å². The molecule has 1 amide bonds. The summed E-state index contributed by atoms with van der Waals surface area (Å²) >= 11 is 0. The number of aromatic nitrogens is 4. The van der Waals surface area contributed by atoms with Gasteiger partial charge in [-0.15, -0.1) is 26.8 Å². The number of hydrogen-bond donors (Lipinski definition) is 1. The zero-order valence-electron chi connectivity index (χ0n) is 25.0. The van der Waals surface area contributed by atoms with Gasteiger partial charge in [-0.25, -0.2) is 0 Å². The van der Waals surface area contributed by atoms with Gasteiger partial charge in [-0.05, 0) is 31.2 Å². The molecule has 2 N–H and O–H groups in total. The van der Waals surface area contributed by atoms with Crippen LogP contribution in [0.3, 0.4) is 0 Å². The standard InChI is InChI=1S/C29H44N6O8/c1-3-12-37-15-17-39-14-11-35(10-9-30)28(36)8-13-38-16-18-40-19-20-41-21-22-42-23-24-43-27-6-4-26(5-7-27)29-33-31-25(2)32-34-29/h1,4-7H,8-24,30H2,2H3. The molecule has 14 nitrogen and oxygen atoms in total. The lowest BCUT2D eigenvalue weighted by Gasteiger charge is -2.22.